The molecule has 24 heavy (non-hydrogen) atoms. The van der Waals surface area contributed by atoms with Gasteiger partial charge >= 0.3 is 0 Å². The SMILES string of the molecule is CN[C@H]1CC[C@@H](c2ccc(Cl)c(Cl)c2)c2ccc(CNC=O)cc21. The molecule has 0 heterocycles. The first-order chi connectivity index (χ1) is 11.6. The molecule has 0 aliphatic heterocycles. The first kappa shape index (κ1) is 17.3. The van der Waals surface area contributed by atoms with Crippen LogP contribution in [0, 0.1) is 0 Å². The van der Waals surface area contributed by atoms with Crippen molar-refractivity contribution in [2.45, 2.75) is 31.3 Å². The zero-order valence-corrected chi connectivity index (χ0v) is 15.0. The Hall–Kier alpha value is -1.55. The van der Waals surface area contributed by atoms with E-state index < -0.39 is 0 Å². The highest BCUT2D eigenvalue weighted by atomic mass is 35.5. The molecule has 3 rings (SSSR count). The van der Waals surface area contributed by atoms with Gasteiger partial charge < -0.3 is 10.6 Å². The van der Waals surface area contributed by atoms with Gasteiger partial charge in [-0.25, -0.2) is 0 Å². The van der Waals surface area contributed by atoms with E-state index in [0.717, 1.165) is 24.8 Å². The average Bonchev–Trinajstić information content (AvgIpc) is 2.61. The highest BCUT2D eigenvalue weighted by Crippen LogP contribution is 2.42. The van der Waals surface area contributed by atoms with Crippen LogP contribution in [-0.2, 0) is 11.3 Å². The molecule has 126 valence electrons. The van der Waals surface area contributed by atoms with Crippen LogP contribution >= 0.6 is 23.2 Å². The summed E-state index contributed by atoms with van der Waals surface area (Å²) in [7, 11) is 1.99. The Morgan fingerprint density at radius 3 is 2.62 bits per heavy atom. The quantitative estimate of drug-likeness (QED) is 0.772. The van der Waals surface area contributed by atoms with Crippen molar-refractivity contribution in [1.29, 1.82) is 0 Å². The van der Waals surface area contributed by atoms with E-state index in [-0.39, 0.29) is 0 Å². The van der Waals surface area contributed by atoms with E-state index in [1.165, 1.54) is 16.7 Å². The van der Waals surface area contributed by atoms with Gasteiger partial charge in [-0.15, -0.1) is 0 Å². The Morgan fingerprint density at radius 2 is 1.92 bits per heavy atom. The predicted molar refractivity (Wildman–Crippen MR) is 98.7 cm³/mol. The Labute approximate surface area is 152 Å². The van der Waals surface area contributed by atoms with Crippen molar-refractivity contribution in [3.63, 3.8) is 0 Å². The second-order valence-electron chi connectivity index (χ2n) is 6.11. The number of halogens is 2. The van der Waals surface area contributed by atoms with Crippen molar-refractivity contribution in [1.82, 2.24) is 10.6 Å². The third-order valence-corrected chi connectivity index (χ3v) is 5.47. The number of carbonyl (C=O) groups excluding carboxylic acids is 1. The molecule has 0 saturated heterocycles. The molecule has 0 aromatic heterocycles. The summed E-state index contributed by atoms with van der Waals surface area (Å²) in [6, 6.07) is 12.7. The lowest BCUT2D eigenvalue weighted by atomic mass is 9.76. The van der Waals surface area contributed by atoms with Crippen LogP contribution in [0.3, 0.4) is 0 Å². The minimum absolute atomic E-state index is 0.312. The molecule has 3 nitrogen and oxygen atoms in total. The topological polar surface area (TPSA) is 41.1 Å². The summed E-state index contributed by atoms with van der Waals surface area (Å²) in [5.74, 6) is 0.312. The lowest BCUT2D eigenvalue weighted by Crippen LogP contribution is -2.25. The summed E-state index contributed by atoms with van der Waals surface area (Å²) in [6.07, 6.45) is 2.84. The first-order valence-electron chi connectivity index (χ1n) is 8.06. The molecule has 0 radical (unpaired) electrons. The Bertz CT molecular complexity index is 748. The molecule has 1 aliphatic rings. The lowest BCUT2D eigenvalue weighted by Gasteiger charge is -2.32. The fourth-order valence-electron chi connectivity index (χ4n) is 3.53. The lowest BCUT2D eigenvalue weighted by molar-refractivity contribution is -0.109. The van der Waals surface area contributed by atoms with E-state index in [2.05, 4.69) is 34.9 Å². The van der Waals surface area contributed by atoms with Crippen molar-refractivity contribution in [2.75, 3.05) is 7.05 Å². The number of hydrogen-bond acceptors (Lipinski definition) is 2. The maximum absolute atomic E-state index is 10.5. The van der Waals surface area contributed by atoms with Crippen LogP contribution in [0.25, 0.3) is 0 Å². The van der Waals surface area contributed by atoms with Crippen molar-refractivity contribution in [3.05, 3.63) is 68.7 Å². The van der Waals surface area contributed by atoms with Gasteiger partial charge in [-0.05, 0) is 54.3 Å². The molecule has 1 amide bonds. The predicted octanol–water partition coefficient (Wildman–Crippen LogP) is 4.43. The van der Waals surface area contributed by atoms with Crippen molar-refractivity contribution in [2.24, 2.45) is 0 Å². The minimum atomic E-state index is 0.312. The Kier molecular flexibility index (Phi) is 5.44. The minimum Gasteiger partial charge on any atom is -0.355 e. The molecule has 0 bridgehead atoms. The molecule has 0 saturated carbocycles. The standard InChI is InChI=1S/C19H20Cl2N2O/c1-22-19-7-5-14(13-3-6-17(20)18(21)9-13)15-4-2-12(8-16(15)19)10-23-11-24/h2-4,6,8-9,11,14,19,22H,5,7,10H2,1H3,(H,23,24)/t14-,19-/m0/s1. The molecule has 2 aromatic carbocycles. The Balaban J connectivity index is 2.00. The van der Waals surface area contributed by atoms with Crippen LogP contribution in [0.2, 0.25) is 10.0 Å². The van der Waals surface area contributed by atoms with Gasteiger partial charge in [0, 0.05) is 18.5 Å². The number of benzene rings is 2. The zero-order chi connectivity index (χ0) is 17.1. The third-order valence-electron chi connectivity index (χ3n) is 4.73. The number of nitrogens with one attached hydrogen (secondary N) is 2. The summed E-state index contributed by atoms with van der Waals surface area (Å²) < 4.78 is 0. The number of carbonyl (C=O) groups is 1. The maximum Gasteiger partial charge on any atom is 0.207 e. The molecular formula is C19H20Cl2N2O. The Morgan fingerprint density at radius 1 is 1.08 bits per heavy atom. The van der Waals surface area contributed by atoms with Gasteiger partial charge in [0.05, 0.1) is 10.0 Å². The molecule has 2 aromatic rings. The summed E-state index contributed by atoms with van der Waals surface area (Å²) in [6.45, 7) is 0.546. The van der Waals surface area contributed by atoms with Gasteiger partial charge in [-0.1, -0.05) is 47.5 Å². The highest BCUT2D eigenvalue weighted by molar-refractivity contribution is 6.42. The average molecular weight is 363 g/mol. The second-order valence-corrected chi connectivity index (χ2v) is 6.92. The maximum atomic E-state index is 10.5. The van der Waals surface area contributed by atoms with Crippen LogP contribution in [0.1, 0.15) is 47.1 Å². The van der Waals surface area contributed by atoms with Gasteiger partial charge in [0.1, 0.15) is 0 Å². The van der Waals surface area contributed by atoms with E-state index in [9.17, 15) is 4.79 Å². The van der Waals surface area contributed by atoms with E-state index >= 15 is 0 Å². The first-order valence-corrected chi connectivity index (χ1v) is 8.81. The zero-order valence-electron chi connectivity index (χ0n) is 13.5. The monoisotopic (exact) mass is 362 g/mol. The molecule has 0 unspecified atom stereocenters. The van der Waals surface area contributed by atoms with Crippen LogP contribution in [0.15, 0.2) is 36.4 Å². The smallest absolute Gasteiger partial charge is 0.207 e. The van der Waals surface area contributed by atoms with E-state index in [1.54, 1.807) is 0 Å². The number of hydrogen-bond donors (Lipinski definition) is 2. The van der Waals surface area contributed by atoms with Gasteiger partial charge in [0.25, 0.3) is 0 Å². The molecular weight excluding hydrogens is 343 g/mol. The summed E-state index contributed by atoms with van der Waals surface area (Å²) in [4.78, 5) is 10.5. The fraction of sp³-hybridized carbons (Fsp3) is 0.316. The molecule has 2 atom stereocenters. The van der Waals surface area contributed by atoms with Crippen molar-refractivity contribution >= 4 is 29.6 Å². The van der Waals surface area contributed by atoms with E-state index in [0.29, 0.717) is 28.5 Å². The van der Waals surface area contributed by atoms with Crippen LogP contribution in [0.4, 0.5) is 0 Å². The van der Waals surface area contributed by atoms with Gasteiger partial charge in [-0.3, -0.25) is 4.79 Å². The second kappa shape index (κ2) is 7.56. The largest absolute Gasteiger partial charge is 0.355 e. The molecule has 5 heteroatoms. The number of rotatable bonds is 5. The van der Waals surface area contributed by atoms with Crippen LogP contribution in [0.5, 0.6) is 0 Å². The van der Waals surface area contributed by atoms with Crippen molar-refractivity contribution in [3.8, 4) is 0 Å². The summed E-state index contributed by atoms with van der Waals surface area (Å²) in [5, 5.41) is 7.31. The molecule has 0 fully saturated rings. The van der Waals surface area contributed by atoms with E-state index in [4.69, 9.17) is 23.2 Å². The van der Waals surface area contributed by atoms with E-state index in [1.807, 2.05) is 19.2 Å². The molecule has 2 N–H and O–H groups in total. The van der Waals surface area contributed by atoms with Gasteiger partial charge in [0.15, 0.2) is 0 Å². The highest BCUT2D eigenvalue weighted by Gasteiger charge is 2.28. The fourth-order valence-corrected chi connectivity index (χ4v) is 3.84. The summed E-state index contributed by atoms with van der Waals surface area (Å²) in [5.41, 5.74) is 4.91. The number of fused-ring (bicyclic) bond motifs is 1. The third kappa shape index (κ3) is 3.44. The van der Waals surface area contributed by atoms with Gasteiger partial charge in [0.2, 0.25) is 6.41 Å². The number of amides is 1. The summed E-state index contributed by atoms with van der Waals surface area (Å²) >= 11 is 12.3. The molecule has 1 aliphatic carbocycles. The van der Waals surface area contributed by atoms with Crippen LogP contribution < -0.4 is 10.6 Å². The van der Waals surface area contributed by atoms with Crippen molar-refractivity contribution < 1.29 is 4.79 Å². The van der Waals surface area contributed by atoms with Crippen LogP contribution in [-0.4, -0.2) is 13.5 Å². The van der Waals surface area contributed by atoms with Gasteiger partial charge in [-0.2, -0.15) is 0 Å². The normalized spacial score (nSPS) is 19.6. The molecule has 0 spiro atoms.